The van der Waals surface area contributed by atoms with Crippen LogP contribution < -0.4 is 0 Å². The van der Waals surface area contributed by atoms with Crippen molar-refractivity contribution >= 4 is 19.7 Å². The van der Waals surface area contributed by atoms with Gasteiger partial charge in [0.15, 0.2) is 0 Å². The van der Waals surface area contributed by atoms with E-state index < -0.39 is 9.05 Å². The van der Waals surface area contributed by atoms with Crippen molar-refractivity contribution in [2.45, 2.75) is 62.9 Å². The molecular weight excluding hydrogens is 310 g/mol. The fourth-order valence-corrected chi connectivity index (χ4v) is 6.87. The van der Waals surface area contributed by atoms with Crippen LogP contribution in [0.1, 0.15) is 58.2 Å². The number of aromatic nitrogens is 3. The molecule has 1 aromatic heterocycles. The fraction of sp³-hybridized carbons (Fsp3) is 0.857. The molecule has 4 bridgehead atoms. The molecule has 4 aliphatic carbocycles. The molecule has 0 aliphatic heterocycles. The van der Waals surface area contributed by atoms with Gasteiger partial charge in [-0.3, -0.25) is 5.10 Å². The van der Waals surface area contributed by atoms with E-state index in [0.717, 1.165) is 31.0 Å². The van der Waals surface area contributed by atoms with Gasteiger partial charge in [-0.05, 0) is 55.3 Å². The molecule has 21 heavy (non-hydrogen) atoms. The van der Waals surface area contributed by atoms with Gasteiger partial charge in [-0.2, -0.15) is 0 Å². The van der Waals surface area contributed by atoms with E-state index in [-0.39, 0.29) is 10.6 Å². The van der Waals surface area contributed by atoms with E-state index in [0.29, 0.717) is 10.8 Å². The molecular formula is C14H20ClN3O2S. The highest BCUT2D eigenvalue weighted by molar-refractivity contribution is 8.13. The third-order valence-electron chi connectivity index (χ3n) is 5.81. The molecule has 5 rings (SSSR count). The first-order chi connectivity index (χ1) is 9.62. The maximum Gasteiger partial charge on any atom is 0.298 e. The lowest BCUT2D eigenvalue weighted by Crippen LogP contribution is -2.57. The van der Waals surface area contributed by atoms with E-state index in [1.165, 1.54) is 19.3 Å². The van der Waals surface area contributed by atoms with Gasteiger partial charge in [-0.1, -0.05) is 13.8 Å². The molecule has 5 nitrogen and oxygen atoms in total. The first-order valence-corrected chi connectivity index (χ1v) is 9.80. The second kappa shape index (κ2) is 3.82. The summed E-state index contributed by atoms with van der Waals surface area (Å²) in [6.45, 7) is 4.75. The first kappa shape index (κ1) is 14.0. The van der Waals surface area contributed by atoms with Gasteiger partial charge in [-0.25, -0.2) is 13.4 Å². The molecule has 4 aliphatic rings. The van der Waals surface area contributed by atoms with Gasteiger partial charge in [0.05, 0.1) is 0 Å². The van der Waals surface area contributed by atoms with Crippen molar-refractivity contribution in [3.8, 4) is 0 Å². The summed E-state index contributed by atoms with van der Waals surface area (Å²) in [4.78, 5) is 4.25. The predicted octanol–water partition coefficient (Wildman–Crippen LogP) is 2.98. The molecule has 116 valence electrons. The van der Waals surface area contributed by atoms with Crippen molar-refractivity contribution in [2.75, 3.05) is 0 Å². The highest BCUT2D eigenvalue weighted by Gasteiger charge is 2.61. The van der Waals surface area contributed by atoms with Crippen LogP contribution in [0.15, 0.2) is 5.16 Å². The zero-order valence-electron chi connectivity index (χ0n) is 12.3. The fourth-order valence-electron chi connectivity index (χ4n) is 6.30. The van der Waals surface area contributed by atoms with Crippen molar-refractivity contribution < 1.29 is 8.42 Å². The summed E-state index contributed by atoms with van der Waals surface area (Å²) >= 11 is 0. The number of nitrogens with zero attached hydrogens (tertiary/aromatic N) is 2. The number of aromatic amines is 1. The maximum atomic E-state index is 11.4. The maximum absolute atomic E-state index is 11.4. The minimum Gasteiger partial charge on any atom is -0.261 e. The average Bonchev–Trinajstić information content (AvgIpc) is 2.71. The van der Waals surface area contributed by atoms with Crippen molar-refractivity contribution in [3.63, 3.8) is 0 Å². The van der Waals surface area contributed by atoms with Gasteiger partial charge >= 0.3 is 0 Å². The molecule has 4 saturated carbocycles. The van der Waals surface area contributed by atoms with Gasteiger partial charge < -0.3 is 0 Å². The Kier molecular flexibility index (Phi) is 2.55. The van der Waals surface area contributed by atoms with Crippen molar-refractivity contribution in [1.29, 1.82) is 0 Å². The highest BCUT2D eigenvalue weighted by Crippen LogP contribution is 2.69. The summed E-state index contributed by atoms with van der Waals surface area (Å²) < 4.78 is 22.8. The lowest BCUT2D eigenvalue weighted by atomic mass is 9.40. The largest absolute Gasteiger partial charge is 0.298 e. The monoisotopic (exact) mass is 329 g/mol. The van der Waals surface area contributed by atoms with Gasteiger partial charge in [-0.15, -0.1) is 5.10 Å². The minimum atomic E-state index is -3.87. The lowest BCUT2D eigenvalue weighted by molar-refractivity contribution is -0.112. The Labute approximate surface area is 129 Å². The van der Waals surface area contributed by atoms with Crippen LogP contribution in [0.5, 0.6) is 0 Å². The zero-order chi connectivity index (χ0) is 15.1. The van der Waals surface area contributed by atoms with Gasteiger partial charge in [0.2, 0.25) is 0 Å². The second-order valence-electron chi connectivity index (χ2n) is 8.31. The molecule has 1 aromatic rings. The molecule has 0 aromatic carbocycles. The van der Waals surface area contributed by atoms with E-state index in [9.17, 15) is 8.42 Å². The molecule has 2 atom stereocenters. The summed E-state index contributed by atoms with van der Waals surface area (Å²) in [6, 6.07) is 0. The van der Waals surface area contributed by atoms with Crippen LogP contribution in [-0.2, 0) is 14.5 Å². The predicted molar refractivity (Wildman–Crippen MR) is 78.5 cm³/mol. The molecule has 0 spiro atoms. The molecule has 1 heterocycles. The number of hydrogen-bond donors (Lipinski definition) is 1. The van der Waals surface area contributed by atoms with Crippen LogP contribution in [0, 0.1) is 16.7 Å². The average molecular weight is 330 g/mol. The number of rotatable bonds is 2. The van der Waals surface area contributed by atoms with Crippen LogP contribution in [0.2, 0.25) is 0 Å². The Bertz CT molecular complexity index is 696. The Morgan fingerprint density at radius 2 is 1.76 bits per heavy atom. The van der Waals surface area contributed by atoms with E-state index in [1.807, 2.05) is 0 Å². The van der Waals surface area contributed by atoms with Crippen molar-refractivity contribution in [3.05, 3.63) is 5.82 Å². The van der Waals surface area contributed by atoms with Crippen molar-refractivity contribution in [1.82, 2.24) is 15.2 Å². The van der Waals surface area contributed by atoms with Gasteiger partial charge in [0, 0.05) is 16.1 Å². The van der Waals surface area contributed by atoms with E-state index >= 15 is 0 Å². The lowest BCUT2D eigenvalue weighted by Gasteiger charge is -2.64. The Balaban J connectivity index is 1.79. The number of hydrogen-bond acceptors (Lipinski definition) is 4. The van der Waals surface area contributed by atoms with Gasteiger partial charge in [0.25, 0.3) is 14.2 Å². The third-order valence-corrected chi connectivity index (χ3v) is 6.84. The molecule has 1 N–H and O–H groups in total. The third kappa shape index (κ3) is 2.05. The van der Waals surface area contributed by atoms with E-state index in [2.05, 4.69) is 29.0 Å². The van der Waals surface area contributed by atoms with Crippen LogP contribution in [0.4, 0.5) is 0 Å². The normalized spacial score (nSPS) is 45.2. The number of H-pyrrole nitrogens is 1. The molecule has 4 fully saturated rings. The summed E-state index contributed by atoms with van der Waals surface area (Å²) in [6.07, 6.45) is 7.09. The van der Waals surface area contributed by atoms with Crippen molar-refractivity contribution in [2.24, 2.45) is 16.7 Å². The minimum absolute atomic E-state index is 0.0459. The van der Waals surface area contributed by atoms with E-state index in [4.69, 9.17) is 10.7 Å². The Morgan fingerprint density at radius 3 is 2.24 bits per heavy atom. The summed E-state index contributed by atoms with van der Waals surface area (Å²) in [5, 5.41) is 6.43. The Hall–Kier alpha value is -0.620. The Morgan fingerprint density at radius 1 is 1.14 bits per heavy atom. The SMILES string of the molecule is CC12CC3CC(C)(C1)CC(c1nc(S(=O)(=O)Cl)n[nH]1)(C3)C2. The molecule has 7 heteroatoms. The topological polar surface area (TPSA) is 75.7 Å². The van der Waals surface area contributed by atoms with E-state index in [1.54, 1.807) is 0 Å². The van der Waals surface area contributed by atoms with Crippen LogP contribution in [-0.4, -0.2) is 23.6 Å². The smallest absolute Gasteiger partial charge is 0.261 e. The molecule has 2 unspecified atom stereocenters. The standard InChI is InChI=1S/C14H20ClN3O2S/c1-12-3-9-4-13(2,6-12)8-14(5-9,7-12)10-16-11(18-17-10)21(15,19)20/h9H,3-8H2,1-2H3,(H,16,17,18). The molecule has 0 amide bonds. The number of nitrogens with one attached hydrogen (secondary N) is 1. The summed E-state index contributed by atoms with van der Waals surface area (Å²) in [7, 11) is 1.50. The summed E-state index contributed by atoms with van der Waals surface area (Å²) in [5.41, 5.74) is 0.650. The second-order valence-corrected chi connectivity index (χ2v) is 10.8. The van der Waals surface area contributed by atoms with Gasteiger partial charge in [0.1, 0.15) is 5.82 Å². The highest BCUT2D eigenvalue weighted by atomic mass is 35.7. The van der Waals surface area contributed by atoms with Crippen LogP contribution in [0.3, 0.4) is 0 Å². The van der Waals surface area contributed by atoms with Crippen LogP contribution >= 0.6 is 10.7 Å². The first-order valence-electron chi connectivity index (χ1n) is 7.49. The number of halogens is 1. The molecule has 0 saturated heterocycles. The summed E-state index contributed by atoms with van der Waals surface area (Å²) in [5.74, 6) is 1.45. The molecule has 0 radical (unpaired) electrons. The van der Waals surface area contributed by atoms with Crippen LogP contribution in [0.25, 0.3) is 0 Å². The quantitative estimate of drug-likeness (QED) is 0.846. The zero-order valence-corrected chi connectivity index (χ0v) is 13.9.